The Labute approximate surface area is 120 Å². The van der Waals surface area contributed by atoms with Gasteiger partial charge < -0.3 is 10.1 Å². The molecule has 110 valence electrons. The molecule has 0 aromatic heterocycles. The topological polar surface area (TPSA) is 58.6 Å². The van der Waals surface area contributed by atoms with Gasteiger partial charge in [-0.2, -0.15) is 4.31 Å². The molecule has 0 amide bonds. The molecule has 3 rings (SSSR count). The molecule has 0 saturated carbocycles. The number of fused-ring (bicyclic) bond motifs is 1. The molecule has 1 saturated heterocycles. The van der Waals surface area contributed by atoms with Crippen LogP contribution in [0, 0.1) is 0 Å². The lowest BCUT2D eigenvalue weighted by Gasteiger charge is -2.19. The SMILES string of the molecule is CC1Cc2cc(S(=O)(=O)N3CCCNCC3)ccc2O1. The lowest BCUT2D eigenvalue weighted by Crippen LogP contribution is -2.34. The van der Waals surface area contributed by atoms with Crippen molar-refractivity contribution in [1.82, 2.24) is 9.62 Å². The summed E-state index contributed by atoms with van der Waals surface area (Å²) in [6.45, 7) is 4.70. The summed E-state index contributed by atoms with van der Waals surface area (Å²) in [5.41, 5.74) is 0.992. The van der Waals surface area contributed by atoms with E-state index in [-0.39, 0.29) is 6.10 Å². The van der Waals surface area contributed by atoms with E-state index in [1.807, 2.05) is 6.92 Å². The molecule has 1 aromatic carbocycles. The van der Waals surface area contributed by atoms with Crippen molar-refractivity contribution < 1.29 is 13.2 Å². The molecule has 6 heteroatoms. The summed E-state index contributed by atoms with van der Waals surface area (Å²) in [6.07, 6.45) is 1.76. The van der Waals surface area contributed by atoms with Gasteiger partial charge in [0.1, 0.15) is 11.9 Å². The van der Waals surface area contributed by atoms with Crippen LogP contribution in [0.2, 0.25) is 0 Å². The molecular weight excluding hydrogens is 276 g/mol. The number of hydrogen-bond acceptors (Lipinski definition) is 4. The largest absolute Gasteiger partial charge is 0.490 e. The minimum atomic E-state index is -3.39. The summed E-state index contributed by atoms with van der Waals surface area (Å²) in [6, 6.07) is 5.21. The van der Waals surface area contributed by atoms with Gasteiger partial charge in [0.05, 0.1) is 4.90 Å². The van der Waals surface area contributed by atoms with Crippen LogP contribution in [-0.2, 0) is 16.4 Å². The zero-order valence-corrected chi connectivity index (χ0v) is 12.4. The second-order valence-electron chi connectivity index (χ2n) is 5.41. The number of hydrogen-bond donors (Lipinski definition) is 1. The van der Waals surface area contributed by atoms with Crippen molar-refractivity contribution in [2.24, 2.45) is 0 Å². The summed E-state index contributed by atoms with van der Waals surface area (Å²) in [5, 5.41) is 3.22. The Morgan fingerprint density at radius 2 is 2.15 bits per heavy atom. The van der Waals surface area contributed by atoms with Crippen LogP contribution < -0.4 is 10.1 Å². The minimum absolute atomic E-state index is 0.130. The van der Waals surface area contributed by atoms with Crippen molar-refractivity contribution in [3.05, 3.63) is 23.8 Å². The van der Waals surface area contributed by atoms with Crippen molar-refractivity contribution in [2.45, 2.75) is 30.8 Å². The number of rotatable bonds is 2. The summed E-state index contributed by atoms with van der Waals surface area (Å²) in [7, 11) is -3.39. The van der Waals surface area contributed by atoms with Crippen LogP contribution in [-0.4, -0.2) is 45.0 Å². The molecular formula is C14H20N2O3S. The number of sulfonamides is 1. The molecule has 0 aliphatic carbocycles. The highest BCUT2D eigenvalue weighted by Crippen LogP contribution is 2.31. The molecule has 5 nitrogen and oxygen atoms in total. The highest BCUT2D eigenvalue weighted by Gasteiger charge is 2.27. The van der Waals surface area contributed by atoms with Crippen LogP contribution >= 0.6 is 0 Å². The molecule has 2 aliphatic rings. The van der Waals surface area contributed by atoms with Gasteiger partial charge in [-0.3, -0.25) is 0 Å². The Morgan fingerprint density at radius 3 is 3.00 bits per heavy atom. The molecule has 1 aromatic rings. The van der Waals surface area contributed by atoms with E-state index in [4.69, 9.17) is 4.74 Å². The van der Waals surface area contributed by atoms with Gasteiger partial charge >= 0.3 is 0 Å². The maximum atomic E-state index is 12.7. The second kappa shape index (κ2) is 5.35. The van der Waals surface area contributed by atoms with E-state index < -0.39 is 10.0 Å². The van der Waals surface area contributed by atoms with Crippen molar-refractivity contribution in [2.75, 3.05) is 26.2 Å². The van der Waals surface area contributed by atoms with Crippen molar-refractivity contribution in [3.8, 4) is 5.75 Å². The van der Waals surface area contributed by atoms with Crippen molar-refractivity contribution in [1.29, 1.82) is 0 Å². The third kappa shape index (κ3) is 2.55. The van der Waals surface area contributed by atoms with Crippen molar-refractivity contribution >= 4 is 10.0 Å². The maximum Gasteiger partial charge on any atom is 0.243 e. The molecule has 0 radical (unpaired) electrons. The van der Waals surface area contributed by atoms with Gasteiger partial charge in [-0.15, -0.1) is 0 Å². The highest BCUT2D eigenvalue weighted by molar-refractivity contribution is 7.89. The van der Waals surface area contributed by atoms with E-state index in [1.165, 1.54) is 0 Å². The Morgan fingerprint density at radius 1 is 1.30 bits per heavy atom. The Bertz CT molecular complexity index is 592. The number of benzene rings is 1. The van der Waals surface area contributed by atoms with E-state index in [2.05, 4.69) is 5.32 Å². The first-order chi connectivity index (χ1) is 9.57. The van der Waals surface area contributed by atoms with E-state index in [1.54, 1.807) is 22.5 Å². The summed E-state index contributed by atoms with van der Waals surface area (Å²) < 4.78 is 32.6. The standard InChI is InChI=1S/C14H20N2O3S/c1-11-9-12-10-13(3-4-14(12)19-11)20(17,18)16-7-2-5-15-6-8-16/h3-4,10-11,15H,2,5-9H2,1H3. The fourth-order valence-corrected chi connectivity index (χ4v) is 4.30. The van der Waals surface area contributed by atoms with Crippen LogP contribution in [0.5, 0.6) is 5.75 Å². The molecule has 1 unspecified atom stereocenters. The van der Waals surface area contributed by atoms with E-state index in [0.29, 0.717) is 24.5 Å². The fourth-order valence-electron chi connectivity index (χ4n) is 2.77. The van der Waals surface area contributed by atoms with Gasteiger partial charge in [-0.25, -0.2) is 8.42 Å². The Balaban J connectivity index is 1.89. The monoisotopic (exact) mass is 296 g/mol. The average molecular weight is 296 g/mol. The molecule has 2 aliphatic heterocycles. The van der Waals surface area contributed by atoms with Gasteiger partial charge in [0.2, 0.25) is 10.0 Å². The van der Waals surface area contributed by atoms with Gasteiger partial charge in [0.25, 0.3) is 0 Å². The van der Waals surface area contributed by atoms with Crippen LogP contribution in [0.15, 0.2) is 23.1 Å². The van der Waals surface area contributed by atoms with Gasteiger partial charge in [-0.1, -0.05) is 0 Å². The summed E-state index contributed by atoms with van der Waals surface area (Å²) in [5.74, 6) is 0.814. The normalized spacial score (nSPS) is 23.9. The quantitative estimate of drug-likeness (QED) is 0.884. The van der Waals surface area contributed by atoms with Gasteiger partial charge in [0, 0.05) is 26.1 Å². The molecule has 1 fully saturated rings. The molecule has 1 N–H and O–H groups in total. The smallest absolute Gasteiger partial charge is 0.243 e. The second-order valence-corrected chi connectivity index (χ2v) is 7.35. The molecule has 20 heavy (non-hydrogen) atoms. The maximum absolute atomic E-state index is 12.7. The predicted molar refractivity (Wildman–Crippen MR) is 76.5 cm³/mol. The zero-order valence-electron chi connectivity index (χ0n) is 11.6. The lowest BCUT2D eigenvalue weighted by atomic mass is 10.1. The first-order valence-electron chi connectivity index (χ1n) is 7.08. The minimum Gasteiger partial charge on any atom is -0.490 e. The van der Waals surface area contributed by atoms with E-state index in [9.17, 15) is 8.42 Å². The fraction of sp³-hybridized carbons (Fsp3) is 0.571. The number of nitrogens with one attached hydrogen (secondary N) is 1. The predicted octanol–water partition coefficient (Wildman–Crippen LogP) is 0.994. The number of nitrogens with zero attached hydrogens (tertiary/aromatic N) is 1. The molecule has 2 heterocycles. The average Bonchev–Trinajstić information content (AvgIpc) is 2.63. The zero-order chi connectivity index (χ0) is 14.2. The Hall–Kier alpha value is -1.11. The van der Waals surface area contributed by atoms with E-state index in [0.717, 1.165) is 30.7 Å². The molecule has 1 atom stereocenters. The molecule has 0 bridgehead atoms. The van der Waals surface area contributed by atoms with Gasteiger partial charge in [-0.05, 0) is 43.7 Å². The van der Waals surface area contributed by atoms with Crippen LogP contribution in [0.3, 0.4) is 0 Å². The van der Waals surface area contributed by atoms with Crippen molar-refractivity contribution in [3.63, 3.8) is 0 Å². The van der Waals surface area contributed by atoms with Crippen LogP contribution in [0.4, 0.5) is 0 Å². The first kappa shape index (κ1) is 13.9. The Kier molecular flexibility index (Phi) is 3.70. The number of ether oxygens (including phenoxy) is 1. The first-order valence-corrected chi connectivity index (χ1v) is 8.52. The van der Waals surface area contributed by atoms with E-state index >= 15 is 0 Å². The lowest BCUT2D eigenvalue weighted by molar-refractivity contribution is 0.254. The molecule has 0 spiro atoms. The third-order valence-electron chi connectivity index (χ3n) is 3.80. The summed E-state index contributed by atoms with van der Waals surface area (Å²) in [4.78, 5) is 0.385. The van der Waals surface area contributed by atoms with Crippen LogP contribution in [0.25, 0.3) is 0 Å². The highest BCUT2D eigenvalue weighted by atomic mass is 32.2. The van der Waals surface area contributed by atoms with Gasteiger partial charge in [0.15, 0.2) is 0 Å². The summed E-state index contributed by atoms with van der Waals surface area (Å²) >= 11 is 0. The third-order valence-corrected chi connectivity index (χ3v) is 5.70. The van der Waals surface area contributed by atoms with Crippen LogP contribution in [0.1, 0.15) is 18.9 Å².